The Morgan fingerprint density at radius 3 is 2.68 bits per heavy atom. The molecule has 3 aromatic carbocycles. The number of hydrogen-bond donors (Lipinski definition) is 2. The highest BCUT2D eigenvalue weighted by molar-refractivity contribution is 5.97. The smallest absolute Gasteiger partial charge is 0.251 e. The molecule has 142 valence electrons. The second kappa shape index (κ2) is 7.60. The first-order chi connectivity index (χ1) is 13.6. The molecular weight excluding hydrogens is 356 g/mol. The summed E-state index contributed by atoms with van der Waals surface area (Å²) in [5.41, 5.74) is 1.45. The van der Waals surface area contributed by atoms with Crippen molar-refractivity contribution >= 4 is 22.6 Å². The van der Waals surface area contributed by atoms with Crippen molar-refractivity contribution in [1.29, 1.82) is 0 Å². The minimum Gasteiger partial charge on any atom is -0.454 e. The number of fused-ring (bicyclic) bond motifs is 2. The quantitative estimate of drug-likeness (QED) is 0.717. The van der Waals surface area contributed by atoms with Gasteiger partial charge in [-0.2, -0.15) is 0 Å². The van der Waals surface area contributed by atoms with Gasteiger partial charge in [-0.15, -0.1) is 0 Å². The summed E-state index contributed by atoms with van der Waals surface area (Å²) < 4.78 is 10.5. The van der Waals surface area contributed by atoms with Crippen molar-refractivity contribution in [2.45, 2.75) is 13.0 Å². The van der Waals surface area contributed by atoms with E-state index in [1.807, 2.05) is 49.4 Å². The summed E-state index contributed by atoms with van der Waals surface area (Å²) >= 11 is 0. The highest BCUT2D eigenvalue weighted by Gasteiger charge is 2.17. The Balaban J connectivity index is 1.37. The molecule has 0 fully saturated rings. The van der Waals surface area contributed by atoms with Crippen LogP contribution in [0.4, 0.5) is 0 Å². The number of hydrogen-bond acceptors (Lipinski definition) is 4. The van der Waals surface area contributed by atoms with Gasteiger partial charge in [0.1, 0.15) is 0 Å². The summed E-state index contributed by atoms with van der Waals surface area (Å²) in [6, 6.07) is 18.8. The zero-order valence-corrected chi connectivity index (χ0v) is 15.4. The predicted octanol–water partition coefficient (Wildman–Crippen LogP) is 3.18. The number of nitrogens with one attached hydrogen (secondary N) is 2. The maximum absolute atomic E-state index is 12.3. The Morgan fingerprint density at radius 1 is 1.00 bits per heavy atom. The van der Waals surface area contributed by atoms with Crippen LogP contribution in [0.1, 0.15) is 28.9 Å². The van der Waals surface area contributed by atoms with Gasteiger partial charge in [0, 0.05) is 5.56 Å². The van der Waals surface area contributed by atoms with Crippen LogP contribution in [0.2, 0.25) is 0 Å². The third-order valence-electron chi connectivity index (χ3n) is 4.71. The molecule has 4 rings (SSSR count). The van der Waals surface area contributed by atoms with Gasteiger partial charge in [0.15, 0.2) is 11.5 Å². The number of benzene rings is 3. The summed E-state index contributed by atoms with van der Waals surface area (Å²) in [5, 5.41) is 7.80. The largest absolute Gasteiger partial charge is 0.454 e. The lowest BCUT2D eigenvalue weighted by molar-refractivity contribution is -0.120. The van der Waals surface area contributed by atoms with Crippen LogP contribution < -0.4 is 20.1 Å². The number of carbonyl (C=O) groups is 2. The fraction of sp³-hybridized carbons (Fsp3) is 0.182. The summed E-state index contributed by atoms with van der Waals surface area (Å²) in [6.45, 7) is 1.97. The molecule has 2 N–H and O–H groups in total. The summed E-state index contributed by atoms with van der Waals surface area (Å²) in [7, 11) is 0. The average molecular weight is 376 g/mol. The number of amides is 2. The van der Waals surface area contributed by atoms with Crippen LogP contribution >= 0.6 is 0 Å². The van der Waals surface area contributed by atoms with Crippen LogP contribution in [0, 0.1) is 0 Å². The molecule has 1 aliphatic rings. The van der Waals surface area contributed by atoms with Crippen LogP contribution in [-0.2, 0) is 4.79 Å². The van der Waals surface area contributed by atoms with Gasteiger partial charge in [-0.1, -0.05) is 42.5 Å². The summed E-state index contributed by atoms with van der Waals surface area (Å²) in [6.07, 6.45) is 0. The highest BCUT2D eigenvalue weighted by atomic mass is 16.7. The van der Waals surface area contributed by atoms with Gasteiger partial charge in [-0.3, -0.25) is 9.59 Å². The van der Waals surface area contributed by atoms with Crippen LogP contribution in [0.25, 0.3) is 10.8 Å². The predicted molar refractivity (Wildman–Crippen MR) is 105 cm³/mol. The molecule has 28 heavy (non-hydrogen) atoms. The lowest BCUT2D eigenvalue weighted by atomic mass is 10.00. The molecule has 6 heteroatoms. The van der Waals surface area contributed by atoms with Crippen molar-refractivity contribution in [3.8, 4) is 11.5 Å². The van der Waals surface area contributed by atoms with Crippen LogP contribution in [-0.4, -0.2) is 25.2 Å². The molecule has 2 amide bonds. The summed E-state index contributed by atoms with van der Waals surface area (Å²) in [4.78, 5) is 24.6. The van der Waals surface area contributed by atoms with E-state index in [-0.39, 0.29) is 31.2 Å². The second-order valence-electron chi connectivity index (χ2n) is 6.61. The third kappa shape index (κ3) is 3.62. The molecule has 0 aliphatic carbocycles. The molecule has 0 saturated carbocycles. The maximum atomic E-state index is 12.3. The maximum Gasteiger partial charge on any atom is 0.251 e. The van der Waals surface area contributed by atoms with Crippen molar-refractivity contribution < 1.29 is 19.1 Å². The number of ether oxygens (including phenoxy) is 2. The molecule has 0 aromatic heterocycles. The van der Waals surface area contributed by atoms with Crippen molar-refractivity contribution in [1.82, 2.24) is 10.6 Å². The molecule has 1 heterocycles. The first kappa shape index (κ1) is 17.9. The molecule has 0 radical (unpaired) electrons. The van der Waals surface area contributed by atoms with Crippen molar-refractivity contribution in [2.75, 3.05) is 13.3 Å². The topological polar surface area (TPSA) is 76.7 Å². The minimum absolute atomic E-state index is 0.109. The Labute approximate surface area is 162 Å². The van der Waals surface area contributed by atoms with Gasteiger partial charge in [0.25, 0.3) is 5.91 Å². The monoisotopic (exact) mass is 376 g/mol. The average Bonchev–Trinajstić information content (AvgIpc) is 3.19. The van der Waals surface area contributed by atoms with E-state index >= 15 is 0 Å². The fourth-order valence-corrected chi connectivity index (χ4v) is 3.30. The lowest BCUT2D eigenvalue weighted by Crippen LogP contribution is -2.38. The first-order valence-corrected chi connectivity index (χ1v) is 9.07. The Kier molecular flexibility index (Phi) is 4.85. The third-order valence-corrected chi connectivity index (χ3v) is 4.71. The highest BCUT2D eigenvalue weighted by Crippen LogP contribution is 2.32. The molecule has 6 nitrogen and oxygen atoms in total. The Bertz CT molecular complexity index is 1040. The van der Waals surface area contributed by atoms with E-state index in [1.165, 1.54) is 0 Å². The first-order valence-electron chi connectivity index (χ1n) is 9.07. The number of rotatable bonds is 5. The van der Waals surface area contributed by atoms with Gasteiger partial charge in [0.05, 0.1) is 12.6 Å². The van der Waals surface area contributed by atoms with Crippen LogP contribution in [0.3, 0.4) is 0 Å². The van der Waals surface area contributed by atoms with Crippen LogP contribution in [0.5, 0.6) is 11.5 Å². The molecule has 0 spiro atoms. The van der Waals surface area contributed by atoms with Crippen LogP contribution in [0.15, 0.2) is 60.7 Å². The van der Waals surface area contributed by atoms with E-state index < -0.39 is 0 Å². The van der Waals surface area contributed by atoms with E-state index in [0.29, 0.717) is 17.1 Å². The standard InChI is InChI=1S/C22H20N2O4/c1-14(17-8-4-6-15-5-2-3-7-18(15)17)24-21(25)12-23-22(26)16-9-10-19-20(11-16)28-13-27-19/h2-11,14H,12-13H2,1H3,(H,23,26)(H,24,25). The molecule has 3 aromatic rings. The van der Waals surface area contributed by atoms with Crippen molar-refractivity contribution in [3.63, 3.8) is 0 Å². The molecule has 0 saturated heterocycles. The molecule has 1 unspecified atom stereocenters. The lowest BCUT2D eigenvalue weighted by Gasteiger charge is -2.17. The SMILES string of the molecule is CC(NC(=O)CNC(=O)c1ccc2c(c1)OCO2)c1cccc2ccccc12. The number of carbonyl (C=O) groups excluding carboxylic acids is 2. The van der Waals surface area contributed by atoms with E-state index in [0.717, 1.165) is 16.3 Å². The van der Waals surface area contributed by atoms with Gasteiger partial charge in [-0.05, 0) is 41.5 Å². The zero-order valence-electron chi connectivity index (χ0n) is 15.4. The molecule has 0 bridgehead atoms. The van der Waals surface area contributed by atoms with Gasteiger partial charge in [0.2, 0.25) is 12.7 Å². The minimum atomic E-state index is -0.341. The zero-order chi connectivity index (χ0) is 19.5. The molecule has 1 atom stereocenters. The second-order valence-corrected chi connectivity index (χ2v) is 6.61. The van der Waals surface area contributed by atoms with Gasteiger partial charge < -0.3 is 20.1 Å². The normalized spacial score (nSPS) is 13.2. The van der Waals surface area contributed by atoms with Crippen molar-refractivity contribution in [3.05, 3.63) is 71.8 Å². The Morgan fingerprint density at radius 2 is 1.79 bits per heavy atom. The van der Waals surface area contributed by atoms with E-state index in [1.54, 1.807) is 18.2 Å². The molecule has 1 aliphatic heterocycles. The summed E-state index contributed by atoms with van der Waals surface area (Å²) in [5.74, 6) is 0.542. The van der Waals surface area contributed by atoms with Crippen molar-refractivity contribution in [2.24, 2.45) is 0 Å². The van der Waals surface area contributed by atoms with E-state index in [4.69, 9.17) is 9.47 Å². The fourth-order valence-electron chi connectivity index (χ4n) is 3.30. The van der Waals surface area contributed by atoms with E-state index in [2.05, 4.69) is 10.6 Å². The molecular formula is C22H20N2O4. The van der Waals surface area contributed by atoms with Gasteiger partial charge in [-0.25, -0.2) is 0 Å². The Hall–Kier alpha value is -3.54. The van der Waals surface area contributed by atoms with Gasteiger partial charge >= 0.3 is 0 Å². The van der Waals surface area contributed by atoms with E-state index in [9.17, 15) is 9.59 Å².